The van der Waals surface area contributed by atoms with E-state index in [0.717, 1.165) is 12.1 Å². The molecule has 3 heteroatoms. The third-order valence-corrected chi connectivity index (χ3v) is 2.58. The van der Waals surface area contributed by atoms with Crippen molar-refractivity contribution in [1.82, 2.24) is 0 Å². The van der Waals surface area contributed by atoms with Gasteiger partial charge in [0.1, 0.15) is 6.04 Å². The summed E-state index contributed by atoms with van der Waals surface area (Å²) in [6.45, 7) is 0. The van der Waals surface area contributed by atoms with E-state index in [0.29, 0.717) is 0 Å². The first kappa shape index (κ1) is 8.10. The number of nitrogens with zero attached hydrogens (tertiary/aromatic N) is 1. The Hall–Kier alpha value is -1.51. The van der Waals surface area contributed by atoms with Crippen LogP contribution in [0.3, 0.4) is 0 Å². The van der Waals surface area contributed by atoms with Gasteiger partial charge in [0, 0.05) is 19.2 Å². The van der Waals surface area contributed by atoms with Crippen LogP contribution in [-0.4, -0.2) is 19.0 Å². The second-order valence-electron chi connectivity index (χ2n) is 3.36. The second kappa shape index (κ2) is 2.76. The molecule has 0 radical (unpaired) electrons. The molecule has 13 heavy (non-hydrogen) atoms. The number of benzene rings is 1. The first-order valence-electron chi connectivity index (χ1n) is 4.30. The number of primary amides is 1. The van der Waals surface area contributed by atoms with Crippen LogP contribution in [0.2, 0.25) is 0 Å². The van der Waals surface area contributed by atoms with Gasteiger partial charge in [0.05, 0.1) is 0 Å². The largest absolute Gasteiger partial charge is 0.368 e. The molecule has 1 aromatic carbocycles. The van der Waals surface area contributed by atoms with Crippen molar-refractivity contribution in [3.05, 3.63) is 29.8 Å². The molecule has 0 saturated heterocycles. The molecule has 3 nitrogen and oxygen atoms in total. The summed E-state index contributed by atoms with van der Waals surface area (Å²) in [6.07, 6.45) is 0.738. The zero-order chi connectivity index (χ0) is 9.42. The highest BCUT2D eigenvalue weighted by molar-refractivity contribution is 5.86. The predicted octanol–water partition coefficient (Wildman–Crippen LogP) is 0.533. The first-order valence-corrected chi connectivity index (χ1v) is 4.30. The maximum Gasteiger partial charge on any atom is 0.240 e. The van der Waals surface area contributed by atoms with Gasteiger partial charge < -0.3 is 10.6 Å². The Labute approximate surface area is 77.1 Å². The normalized spacial score (nSPS) is 20.1. The Kier molecular flexibility index (Phi) is 1.72. The third-order valence-electron chi connectivity index (χ3n) is 2.58. The number of anilines is 1. The molecule has 0 aromatic heterocycles. The highest BCUT2D eigenvalue weighted by Gasteiger charge is 2.29. The molecule has 2 rings (SSSR count). The van der Waals surface area contributed by atoms with Gasteiger partial charge in [-0.15, -0.1) is 0 Å². The molecule has 68 valence electrons. The molecule has 0 unspecified atom stereocenters. The summed E-state index contributed by atoms with van der Waals surface area (Å²) in [5, 5.41) is 0. The smallest absolute Gasteiger partial charge is 0.240 e. The standard InChI is InChI=1S/C10H12N2O/c1-12-8-5-3-2-4-7(8)6-9(12)10(11)13/h2-5,9H,6H2,1H3,(H2,11,13)/t9-/m0/s1. The summed E-state index contributed by atoms with van der Waals surface area (Å²) in [4.78, 5) is 13.0. The minimum atomic E-state index is -0.251. The van der Waals surface area contributed by atoms with Crippen molar-refractivity contribution in [2.75, 3.05) is 11.9 Å². The van der Waals surface area contributed by atoms with E-state index in [1.165, 1.54) is 5.56 Å². The van der Waals surface area contributed by atoms with Gasteiger partial charge in [0.25, 0.3) is 0 Å². The lowest BCUT2D eigenvalue weighted by Crippen LogP contribution is -2.40. The minimum Gasteiger partial charge on any atom is -0.368 e. The lowest BCUT2D eigenvalue weighted by molar-refractivity contribution is -0.119. The molecule has 0 fully saturated rings. The lowest BCUT2D eigenvalue weighted by atomic mass is 10.1. The number of nitrogens with two attached hydrogens (primary N) is 1. The average Bonchev–Trinajstić information content (AvgIpc) is 2.45. The number of amides is 1. The van der Waals surface area contributed by atoms with E-state index in [9.17, 15) is 4.79 Å². The van der Waals surface area contributed by atoms with Crippen LogP contribution >= 0.6 is 0 Å². The van der Waals surface area contributed by atoms with E-state index in [4.69, 9.17) is 5.73 Å². The quantitative estimate of drug-likeness (QED) is 0.678. The number of rotatable bonds is 1. The molecular weight excluding hydrogens is 164 g/mol. The molecule has 1 amide bonds. The van der Waals surface area contributed by atoms with Crippen molar-refractivity contribution in [1.29, 1.82) is 0 Å². The number of carbonyl (C=O) groups excluding carboxylic acids is 1. The third kappa shape index (κ3) is 1.16. The van der Waals surface area contributed by atoms with Gasteiger partial charge in [0.2, 0.25) is 5.91 Å². The second-order valence-corrected chi connectivity index (χ2v) is 3.36. The molecule has 1 aliphatic heterocycles. The van der Waals surface area contributed by atoms with Crippen molar-refractivity contribution in [2.24, 2.45) is 5.73 Å². The van der Waals surface area contributed by atoms with Crippen LogP contribution in [0.4, 0.5) is 5.69 Å². The molecule has 1 aromatic rings. The van der Waals surface area contributed by atoms with Crippen molar-refractivity contribution in [3.8, 4) is 0 Å². The van der Waals surface area contributed by atoms with Crippen LogP contribution in [0, 0.1) is 0 Å². The molecule has 0 aliphatic carbocycles. The molecule has 1 atom stereocenters. The molecule has 2 N–H and O–H groups in total. The van der Waals surface area contributed by atoms with Gasteiger partial charge >= 0.3 is 0 Å². The van der Waals surface area contributed by atoms with Crippen LogP contribution in [0.1, 0.15) is 5.56 Å². The lowest BCUT2D eigenvalue weighted by Gasteiger charge is -2.19. The summed E-state index contributed by atoms with van der Waals surface area (Å²) in [7, 11) is 1.90. The molecular formula is C10H12N2O. The number of hydrogen-bond acceptors (Lipinski definition) is 2. The molecule has 0 bridgehead atoms. The van der Waals surface area contributed by atoms with E-state index >= 15 is 0 Å². The number of carbonyl (C=O) groups is 1. The van der Waals surface area contributed by atoms with Crippen molar-refractivity contribution in [3.63, 3.8) is 0 Å². The van der Waals surface area contributed by atoms with Crippen molar-refractivity contribution in [2.45, 2.75) is 12.5 Å². The van der Waals surface area contributed by atoms with Crippen LogP contribution in [0.15, 0.2) is 24.3 Å². The minimum absolute atomic E-state index is 0.169. The van der Waals surface area contributed by atoms with Crippen LogP contribution in [0.25, 0.3) is 0 Å². The predicted molar refractivity (Wildman–Crippen MR) is 51.5 cm³/mol. The molecule has 0 spiro atoms. The zero-order valence-corrected chi connectivity index (χ0v) is 7.53. The highest BCUT2D eigenvalue weighted by atomic mass is 16.1. The fourth-order valence-electron chi connectivity index (χ4n) is 1.83. The van der Waals surface area contributed by atoms with E-state index in [-0.39, 0.29) is 11.9 Å². The summed E-state index contributed by atoms with van der Waals surface area (Å²) in [6, 6.07) is 7.83. The van der Waals surface area contributed by atoms with Crippen molar-refractivity contribution < 1.29 is 4.79 Å². The Morgan fingerprint density at radius 1 is 1.54 bits per heavy atom. The Balaban J connectivity index is 2.38. The maximum atomic E-state index is 11.1. The van der Waals surface area contributed by atoms with Gasteiger partial charge in [-0.2, -0.15) is 0 Å². The monoisotopic (exact) mass is 176 g/mol. The Morgan fingerprint density at radius 2 is 2.23 bits per heavy atom. The Bertz CT molecular complexity index is 349. The van der Waals surface area contributed by atoms with E-state index in [2.05, 4.69) is 0 Å². The fourth-order valence-corrected chi connectivity index (χ4v) is 1.83. The first-order chi connectivity index (χ1) is 6.20. The van der Waals surface area contributed by atoms with E-state index in [1.807, 2.05) is 36.2 Å². The van der Waals surface area contributed by atoms with E-state index < -0.39 is 0 Å². The number of hydrogen-bond donors (Lipinski definition) is 1. The average molecular weight is 176 g/mol. The van der Waals surface area contributed by atoms with Crippen LogP contribution < -0.4 is 10.6 Å². The molecule has 1 heterocycles. The number of para-hydroxylation sites is 1. The van der Waals surface area contributed by atoms with Gasteiger partial charge in [-0.1, -0.05) is 18.2 Å². The topological polar surface area (TPSA) is 46.3 Å². The van der Waals surface area contributed by atoms with Gasteiger partial charge in [-0.05, 0) is 11.6 Å². The highest BCUT2D eigenvalue weighted by Crippen LogP contribution is 2.29. The maximum absolute atomic E-state index is 11.1. The molecule has 0 saturated carbocycles. The van der Waals surface area contributed by atoms with Gasteiger partial charge in [-0.3, -0.25) is 4.79 Å². The number of likely N-dealkylation sites (N-methyl/N-ethyl adjacent to an activating group) is 1. The zero-order valence-electron chi connectivity index (χ0n) is 7.53. The van der Waals surface area contributed by atoms with Gasteiger partial charge in [-0.25, -0.2) is 0 Å². The summed E-state index contributed by atoms with van der Waals surface area (Å²) < 4.78 is 0. The Morgan fingerprint density at radius 3 is 2.85 bits per heavy atom. The SMILES string of the molecule is CN1c2ccccc2C[C@H]1C(N)=O. The fraction of sp³-hybridized carbons (Fsp3) is 0.300. The van der Waals surface area contributed by atoms with E-state index in [1.54, 1.807) is 0 Å². The van der Waals surface area contributed by atoms with Crippen LogP contribution in [0.5, 0.6) is 0 Å². The molecule has 1 aliphatic rings. The summed E-state index contributed by atoms with van der Waals surface area (Å²) >= 11 is 0. The van der Waals surface area contributed by atoms with Gasteiger partial charge in [0.15, 0.2) is 0 Å². The number of fused-ring (bicyclic) bond motifs is 1. The van der Waals surface area contributed by atoms with Crippen molar-refractivity contribution >= 4 is 11.6 Å². The summed E-state index contributed by atoms with van der Waals surface area (Å²) in [5.41, 5.74) is 7.61. The summed E-state index contributed by atoms with van der Waals surface area (Å²) in [5.74, 6) is -0.251. The van der Waals surface area contributed by atoms with Crippen LogP contribution in [-0.2, 0) is 11.2 Å².